The Bertz CT molecular complexity index is 156. The van der Waals surface area contributed by atoms with Gasteiger partial charge in [0, 0.05) is 19.1 Å². The number of ether oxygens (including phenoxy) is 1. The first-order valence-electron chi connectivity index (χ1n) is 5.43. The normalized spacial score (nSPS) is 25.8. The fraction of sp³-hybridized carbons (Fsp3) is 1.00. The highest BCUT2D eigenvalue weighted by Crippen LogP contribution is 2.19. The molecule has 0 aromatic heterocycles. The predicted octanol–water partition coefficient (Wildman–Crippen LogP) is 2.29. The molecule has 1 unspecified atom stereocenters. The molecule has 78 valence electrons. The molecule has 1 fully saturated rings. The van der Waals surface area contributed by atoms with Crippen molar-refractivity contribution in [2.75, 3.05) is 19.7 Å². The minimum absolute atomic E-state index is 0.0558. The van der Waals surface area contributed by atoms with Crippen LogP contribution in [0, 0.1) is 0 Å². The van der Waals surface area contributed by atoms with Crippen molar-refractivity contribution >= 4 is 0 Å². The molecule has 0 saturated carbocycles. The fourth-order valence-electron chi connectivity index (χ4n) is 2.03. The molecule has 0 bridgehead atoms. The van der Waals surface area contributed by atoms with E-state index >= 15 is 0 Å². The second kappa shape index (κ2) is 4.43. The first kappa shape index (κ1) is 11.0. The van der Waals surface area contributed by atoms with Crippen LogP contribution in [0.5, 0.6) is 0 Å². The van der Waals surface area contributed by atoms with E-state index in [4.69, 9.17) is 4.74 Å². The zero-order chi connectivity index (χ0) is 9.90. The highest BCUT2D eigenvalue weighted by Gasteiger charge is 2.29. The van der Waals surface area contributed by atoms with E-state index in [2.05, 4.69) is 32.6 Å². The van der Waals surface area contributed by atoms with Crippen molar-refractivity contribution in [2.45, 2.75) is 52.2 Å². The molecule has 1 rings (SSSR count). The third-order valence-corrected chi connectivity index (χ3v) is 2.78. The highest BCUT2D eigenvalue weighted by atomic mass is 16.5. The van der Waals surface area contributed by atoms with E-state index in [1.54, 1.807) is 0 Å². The van der Waals surface area contributed by atoms with Crippen LogP contribution in [0.1, 0.15) is 40.5 Å². The SMILES string of the molecule is CCCC(C)N1CCOC(C)(C)C1. The zero-order valence-corrected chi connectivity index (χ0v) is 9.47. The summed E-state index contributed by atoms with van der Waals surface area (Å²) in [5.41, 5.74) is 0.0558. The summed E-state index contributed by atoms with van der Waals surface area (Å²) < 4.78 is 5.68. The van der Waals surface area contributed by atoms with Crippen LogP contribution in [0.3, 0.4) is 0 Å². The van der Waals surface area contributed by atoms with Crippen LogP contribution in [0.2, 0.25) is 0 Å². The predicted molar refractivity (Wildman–Crippen MR) is 56.0 cm³/mol. The first-order valence-corrected chi connectivity index (χ1v) is 5.43. The molecule has 0 spiro atoms. The summed E-state index contributed by atoms with van der Waals surface area (Å²) in [6.07, 6.45) is 2.58. The standard InChI is InChI=1S/C11H23NO/c1-5-6-10(2)12-7-8-13-11(3,4)9-12/h10H,5-9H2,1-4H3. The van der Waals surface area contributed by atoms with Gasteiger partial charge in [0.1, 0.15) is 0 Å². The molecule has 1 atom stereocenters. The van der Waals surface area contributed by atoms with Crippen molar-refractivity contribution in [1.82, 2.24) is 4.90 Å². The molecule has 0 aliphatic carbocycles. The molecule has 1 aliphatic heterocycles. The lowest BCUT2D eigenvalue weighted by Crippen LogP contribution is -2.51. The summed E-state index contributed by atoms with van der Waals surface area (Å²) in [5, 5.41) is 0. The van der Waals surface area contributed by atoms with Crippen LogP contribution in [0.25, 0.3) is 0 Å². The van der Waals surface area contributed by atoms with Crippen molar-refractivity contribution in [3.8, 4) is 0 Å². The summed E-state index contributed by atoms with van der Waals surface area (Å²) in [6, 6.07) is 0.716. The Hall–Kier alpha value is -0.0800. The molecule has 13 heavy (non-hydrogen) atoms. The van der Waals surface area contributed by atoms with Gasteiger partial charge in [0.2, 0.25) is 0 Å². The molecule has 0 radical (unpaired) electrons. The second-order valence-corrected chi connectivity index (χ2v) is 4.72. The Morgan fingerprint density at radius 1 is 1.46 bits per heavy atom. The maximum Gasteiger partial charge on any atom is 0.0753 e. The quantitative estimate of drug-likeness (QED) is 0.669. The molecule has 0 amide bonds. The van der Waals surface area contributed by atoms with Crippen molar-refractivity contribution < 1.29 is 4.74 Å². The molecule has 2 nitrogen and oxygen atoms in total. The molecule has 2 heteroatoms. The molecular formula is C11H23NO. The van der Waals surface area contributed by atoms with Gasteiger partial charge in [0.05, 0.1) is 12.2 Å². The van der Waals surface area contributed by atoms with E-state index in [1.807, 2.05) is 0 Å². The Balaban J connectivity index is 2.42. The van der Waals surface area contributed by atoms with E-state index in [-0.39, 0.29) is 5.60 Å². The Morgan fingerprint density at radius 2 is 2.15 bits per heavy atom. The lowest BCUT2D eigenvalue weighted by atomic mass is 10.0. The van der Waals surface area contributed by atoms with Crippen molar-refractivity contribution in [3.05, 3.63) is 0 Å². The van der Waals surface area contributed by atoms with Gasteiger partial charge < -0.3 is 4.74 Å². The van der Waals surface area contributed by atoms with E-state index in [0.717, 1.165) is 19.7 Å². The maximum atomic E-state index is 5.68. The van der Waals surface area contributed by atoms with Gasteiger partial charge in [-0.25, -0.2) is 0 Å². The molecule has 0 N–H and O–H groups in total. The Kier molecular flexibility index (Phi) is 3.74. The van der Waals surface area contributed by atoms with Gasteiger partial charge in [-0.2, -0.15) is 0 Å². The average molecular weight is 185 g/mol. The Morgan fingerprint density at radius 3 is 2.69 bits per heavy atom. The summed E-state index contributed by atoms with van der Waals surface area (Å²) in [5.74, 6) is 0. The van der Waals surface area contributed by atoms with Crippen LogP contribution in [-0.2, 0) is 4.74 Å². The van der Waals surface area contributed by atoms with Crippen LogP contribution in [0.15, 0.2) is 0 Å². The van der Waals surface area contributed by atoms with Crippen LogP contribution >= 0.6 is 0 Å². The van der Waals surface area contributed by atoms with Crippen LogP contribution < -0.4 is 0 Å². The summed E-state index contributed by atoms with van der Waals surface area (Å²) in [4.78, 5) is 2.55. The Labute approximate surface area is 82.3 Å². The van der Waals surface area contributed by atoms with E-state index in [0.29, 0.717) is 6.04 Å². The summed E-state index contributed by atoms with van der Waals surface area (Å²) >= 11 is 0. The monoisotopic (exact) mass is 185 g/mol. The van der Waals surface area contributed by atoms with Crippen molar-refractivity contribution in [3.63, 3.8) is 0 Å². The van der Waals surface area contributed by atoms with E-state index in [1.165, 1.54) is 12.8 Å². The number of rotatable bonds is 3. The molecule has 1 aliphatic rings. The van der Waals surface area contributed by atoms with Gasteiger partial charge in [-0.3, -0.25) is 4.90 Å². The minimum atomic E-state index is 0.0558. The third-order valence-electron chi connectivity index (χ3n) is 2.78. The van der Waals surface area contributed by atoms with Gasteiger partial charge in [-0.05, 0) is 27.2 Å². The lowest BCUT2D eigenvalue weighted by molar-refractivity contribution is -0.0960. The summed E-state index contributed by atoms with van der Waals surface area (Å²) in [7, 11) is 0. The molecule has 1 saturated heterocycles. The van der Waals surface area contributed by atoms with Gasteiger partial charge in [-0.15, -0.1) is 0 Å². The van der Waals surface area contributed by atoms with Gasteiger partial charge in [0.15, 0.2) is 0 Å². The van der Waals surface area contributed by atoms with Gasteiger partial charge in [-0.1, -0.05) is 13.3 Å². The molecular weight excluding hydrogens is 162 g/mol. The fourth-order valence-corrected chi connectivity index (χ4v) is 2.03. The number of nitrogens with zero attached hydrogens (tertiary/aromatic N) is 1. The maximum absolute atomic E-state index is 5.68. The topological polar surface area (TPSA) is 12.5 Å². The van der Waals surface area contributed by atoms with Crippen molar-refractivity contribution in [2.24, 2.45) is 0 Å². The zero-order valence-electron chi connectivity index (χ0n) is 9.47. The molecule has 1 heterocycles. The van der Waals surface area contributed by atoms with Crippen LogP contribution in [-0.4, -0.2) is 36.2 Å². The van der Waals surface area contributed by atoms with Crippen LogP contribution in [0.4, 0.5) is 0 Å². The lowest BCUT2D eigenvalue weighted by Gasteiger charge is -2.41. The third kappa shape index (κ3) is 3.28. The van der Waals surface area contributed by atoms with E-state index < -0.39 is 0 Å². The highest BCUT2D eigenvalue weighted by molar-refractivity contribution is 4.81. The van der Waals surface area contributed by atoms with Crippen molar-refractivity contribution in [1.29, 1.82) is 0 Å². The smallest absolute Gasteiger partial charge is 0.0753 e. The number of morpholine rings is 1. The van der Waals surface area contributed by atoms with E-state index in [9.17, 15) is 0 Å². The molecule has 0 aromatic carbocycles. The molecule has 0 aromatic rings. The number of hydrogen-bond acceptors (Lipinski definition) is 2. The summed E-state index contributed by atoms with van der Waals surface area (Å²) in [6.45, 7) is 12.0. The first-order chi connectivity index (χ1) is 6.05. The number of hydrogen-bond donors (Lipinski definition) is 0. The van der Waals surface area contributed by atoms with Gasteiger partial charge in [0.25, 0.3) is 0 Å². The largest absolute Gasteiger partial charge is 0.373 e. The van der Waals surface area contributed by atoms with Gasteiger partial charge >= 0.3 is 0 Å². The minimum Gasteiger partial charge on any atom is -0.373 e. The second-order valence-electron chi connectivity index (χ2n) is 4.72. The average Bonchev–Trinajstić information content (AvgIpc) is 2.03.